The zero-order valence-electron chi connectivity index (χ0n) is 5.82. The molecule has 0 aromatic rings. The summed E-state index contributed by atoms with van der Waals surface area (Å²) in [6.45, 7) is 1.47. The number of alkyl halides is 2. The summed E-state index contributed by atoms with van der Waals surface area (Å²) in [6.07, 6.45) is 0. The average molecular weight is 215 g/mol. The minimum atomic E-state index is -0.418. The lowest BCUT2D eigenvalue weighted by Crippen LogP contribution is -2.07. The molecule has 4 heteroatoms. The lowest BCUT2D eigenvalue weighted by Gasteiger charge is -2.01. The Bertz CT molecular complexity index is 55.7. The van der Waals surface area contributed by atoms with Gasteiger partial charge in [-0.15, -0.1) is 0 Å². The predicted molar refractivity (Wildman–Crippen MR) is 41.4 cm³/mol. The molecule has 0 saturated heterocycles. The summed E-state index contributed by atoms with van der Waals surface area (Å²) in [5, 5.41) is 0.829. The largest absolute Gasteiger partial charge is 0.378 e. The van der Waals surface area contributed by atoms with E-state index in [4.69, 9.17) is 9.47 Å². The lowest BCUT2D eigenvalue weighted by molar-refractivity contribution is 0.0486. The maximum Gasteiger partial charge on any atom is 0.113 e. The van der Waals surface area contributed by atoms with Gasteiger partial charge in [0.25, 0.3) is 0 Å². The van der Waals surface area contributed by atoms with E-state index < -0.39 is 6.67 Å². The Labute approximate surface area is 68.8 Å². The van der Waals surface area contributed by atoms with Gasteiger partial charge >= 0.3 is 0 Å². The molecule has 0 aliphatic heterocycles. The van der Waals surface area contributed by atoms with Crippen molar-refractivity contribution in [1.82, 2.24) is 0 Å². The maximum atomic E-state index is 11.4. The van der Waals surface area contributed by atoms with Crippen molar-refractivity contribution < 1.29 is 13.9 Å². The molecule has 0 N–H and O–H groups in total. The Kier molecular flexibility index (Phi) is 9.64. The summed E-state index contributed by atoms with van der Waals surface area (Å²) in [7, 11) is 0. The van der Waals surface area contributed by atoms with Crippen molar-refractivity contribution in [2.45, 2.75) is 0 Å². The van der Waals surface area contributed by atoms with Crippen LogP contribution in [-0.4, -0.2) is 38.4 Å². The highest BCUT2D eigenvalue weighted by atomic mass is 79.9. The first-order chi connectivity index (χ1) is 4.91. The van der Waals surface area contributed by atoms with Gasteiger partial charge in [0.2, 0.25) is 0 Å². The van der Waals surface area contributed by atoms with Gasteiger partial charge in [-0.2, -0.15) is 0 Å². The molecule has 0 saturated carbocycles. The van der Waals surface area contributed by atoms with E-state index >= 15 is 0 Å². The monoisotopic (exact) mass is 214 g/mol. The highest BCUT2D eigenvalue weighted by molar-refractivity contribution is 9.09. The SMILES string of the molecule is FCCOCCOCCBr. The molecule has 0 aliphatic carbocycles. The van der Waals surface area contributed by atoms with Crippen molar-refractivity contribution in [2.24, 2.45) is 0 Å². The Morgan fingerprint density at radius 3 is 2.10 bits per heavy atom. The molecule has 0 aliphatic rings. The van der Waals surface area contributed by atoms with E-state index in [1.165, 1.54) is 0 Å². The Balaban J connectivity index is 2.65. The van der Waals surface area contributed by atoms with Crippen LogP contribution in [0.15, 0.2) is 0 Å². The minimum Gasteiger partial charge on any atom is -0.378 e. The van der Waals surface area contributed by atoms with Crippen LogP contribution in [0.1, 0.15) is 0 Å². The first-order valence-corrected chi connectivity index (χ1v) is 4.31. The number of rotatable bonds is 7. The summed E-state index contributed by atoms with van der Waals surface area (Å²) >= 11 is 3.21. The van der Waals surface area contributed by atoms with Gasteiger partial charge in [-0.05, 0) is 0 Å². The van der Waals surface area contributed by atoms with E-state index in [9.17, 15) is 4.39 Å². The molecule has 0 rings (SSSR count). The second-order valence-corrected chi connectivity index (χ2v) is 2.40. The molecule has 0 unspecified atom stereocenters. The predicted octanol–water partition coefficient (Wildman–Crippen LogP) is 1.38. The molecule has 0 aromatic carbocycles. The van der Waals surface area contributed by atoms with E-state index in [-0.39, 0.29) is 6.61 Å². The van der Waals surface area contributed by atoms with Crippen molar-refractivity contribution in [1.29, 1.82) is 0 Å². The second kappa shape index (κ2) is 9.33. The molecule has 62 valence electrons. The van der Waals surface area contributed by atoms with Crippen LogP contribution in [0, 0.1) is 0 Å². The standard InChI is InChI=1S/C6H12BrFO2/c7-1-3-9-5-6-10-4-2-8/h1-6H2. The van der Waals surface area contributed by atoms with Crippen LogP contribution >= 0.6 is 15.9 Å². The fourth-order valence-electron chi connectivity index (χ4n) is 0.431. The van der Waals surface area contributed by atoms with Crippen molar-refractivity contribution in [3.8, 4) is 0 Å². The molecule has 0 heterocycles. The van der Waals surface area contributed by atoms with Gasteiger partial charge in [0.1, 0.15) is 6.67 Å². The van der Waals surface area contributed by atoms with Crippen molar-refractivity contribution >= 4 is 15.9 Å². The second-order valence-electron chi connectivity index (χ2n) is 1.60. The molecule has 0 bridgehead atoms. The van der Waals surface area contributed by atoms with Crippen molar-refractivity contribution in [2.75, 3.05) is 38.4 Å². The summed E-state index contributed by atoms with van der Waals surface area (Å²) in [4.78, 5) is 0. The number of hydrogen-bond donors (Lipinski definition) is 0. The molecule has 0 atom stereocenters. The fraction of sp³-hybridized carbons (Fsp3) is 1.00. The topological polar surface area (TPSA) is 18.5 Å². The van der Waals surface area contributed by atoms with Gasteiger partial charge in [-0.25, -0.2) is 4.39 Å². The third-order valence-corrected chi connectivity index (χ3v) is 1.14. The van der Waals surface area contributed by atoms with Crippen LogP contribution in [0.5, 0.6) is 0 Å². The smallest absolute Gasteiger partial charge is 0.113 e. The number of halogens is 2. The van der Waals surface area contributed by atoms with Crippen molar-refractivity contribution in [3.05, 3.63) is 0 Å². The Morgan fingerprint density at radius 2 is 1.60 bits per heavy atom. The Morgan fingerprint density at radius 1 is 1.00 bits per heavy atom. The molecule has 0 radical (unpaired) electrons. The highest BCUT2D eigenvalue weighted by Crippen LogP contribution is 1.82. The van der Waals surface area contributed by atoms with Crippen LogP contribution in [0.25, 0.3) is 0 Å². The highest BCUT2D eigenvalue weighted by Gasteiger charge is 1.87. The van der Waals surface area contributed by atoms with E-state index in [1.54, 1.807) is 0 Å². The fourth-order valence-corrected chi connectivity index (χ4v) is 0.660. The van der Waals surface area contributed by atoms with Crippen LogP contribution in [0.4, 0.5) is 4.39 Å². The van der Waals surface area contributed by atoms with Gasteiger partial charge in [0.15, 0.2) is 0 Å². The molecular formula is C6H12BrFO2. The van der Waals surface area contributed by atoms with Gasteiger partial charge in [0.05, 0.1) is 26.4 Å². The lowest BCUT2D eigenvalue weighted by atomic mass is 10.7. The maximum absolute atomic E-state index is 11.4. The third-order valence-electron chi connectivity index (χ3n) is 0.815. The first-order valence-electron chi connectivity index (χ1n) is 3.19. The molecule has 0 fully saturated rings. The van der Waals surface area contributed by atoms with Crippen LogP contribution in [-0.2, 0) is 9.47 Å². The van der Waals surface area contributed by atoms with Crippen LogP contribution in [0.2, 0.25) is 0 Å². The Hall–Kier alpha value is 0.330. The summed E-state index contributed by atoms with van der Waals surface area (Å²) in [6, 6.07) is 0. The van der Waals surface area contributed by atoms with Gasteiger partial charge in [0, 0.05) is 5.33 Å². The molecule has 2 nitrogen and oxygen atoms in total. The summed E-state index contributed by atoms with van der Waals surface area (Å²) in [5.74, 6) is 0. The third kappa shape index (κ3) is 8.33. The zero-order valence-corrected chi connectivity index (χ0v) is 7.40. The summed E-state index contributed by atoms with van der Waals surface area (Å²) in [5.41, 5.74) is 0. The minimum absolute atomic E-state index is 0.178. The van der Waals surface area contributed by atoms with Crippen molar-refractivity contribution in [3.63, 3.8) is 0 Å². The van der Waals surface area contributed by atoms with Gasteiger partial charge < -0.3 is 9.47 Å². The van der Waals surface area contributed by atoms with Crippen LogP contribution < -0.4 is 0 Å². The molecule has 0 amide bonds. The quantitative estimate of drug-likeness (QED) is 0.471. The normalized spacial score (nSPS) is 10.2. The van der Waals surface area contributed by atoms with E-state index in [1.807, 2.05) is 0 Å². The van der Waals surface area contributed by atoms with E-state index in [2.05, 4.69) is 15.9 Å². The van der Waals surface area contributed by atoms with E-state index in [0.717, 1.165) is 5.33 Å². The van der Waals surface area contributed by atoms with E-state index in [0.29, 0.717) is 19.8 Å². The number of hydrogen-bond acceptors (Lipinski definition) is 2. The first kappa shape index (κ1) is 10.3. The molecule has 0 spiro atoms. The zero-order chi connectivity index (χ0) is 7.66. The van der Waals surface area contributed by atoms with Gasteiger partial charge in [-0.1, -0.05) is 15.9 Å². The molecule has 10 heavy (non-hydrogen) atoms. The van der Waals surface area contributed by atoms with Gasteiger partial charge in [-0.3, -0.25) is 0 Å². The molecular weight excluding hydrogens is 203 g/mol. The average Bonchev–Trinajstić information content (AvgIpc) is 1.97. The van der Waals surface area contributed by atoms with Crippen LogP contribution in [0.3, 0.4) is 0 Å². The summed E-state index contributed by atoms with van der Waals surface area (Å²) < 4.78 is 21.2. The number of ether oxygens (including phenoxy) is 2. The molecule has 0 aromatic heterocycles.